The van der Waals surface area contributed by atoms with Crippen molar-refractivity contribution >= 4 is 11.8 Å². The summed E-state index contributed by atoms with van der Waals surface area (Å²) in [6.45, 7) is 4.73. The van der Waals surface area contributed by atoms with Gasteiger partial charge in [-0.25, -0.2) is 0 Å². The molecule has 4 rings (SSSR count). The van der Waals surface area contributed by atoms with E-state index < -0.39 is 0 Å². The number of ether oxygens (including phenoxy) is 1. The van der Waals surface area contributed by atoms with Crippen LogP contribution in [0.15, 0.2) is 70.4 Å². The zero-order chi connectivity index (χ0) is 20.2. The third-order valence-corrected chi connectivity index (χ3v) is 5.81. The topological polar surface area (TPSA) is 53.1 Å². The molecular formula is C23H23N3O2S. The molecule has 29 heavy (non-hydrogen) atoms. The number of hydrogen-bond acceptors (Lipinski definition) is 5. The zero-order valence-corrected chi connectivity index (χ0v) is 17.6. The van der Waals surface area contributed by atoms with Crippen LogP contribution in [0, 0.1) is 13.8 Å². The average molecular weight is 406 g/mol. The Hall–Kier alpha value is -2.99. The van der Waals surface area contributed by atoms with E-state index in [1.54, 1.807) is 25.1 Å². The quantitative estimate of drug-likeness (QED) is 0.380. The molecule has 0 amide bonds. The molecule has 0 aliphatic heterocycles. The Kier molecular flexibility index (Phi) is 5.71. The molecule has 0 saturated carbocycles. The molecule has 2 heterocycles. The zero-order valence-electron chi connectivity index (χ0n) is 16.8. The molecule has 2 aromatic carbocycles. The molecule has 0 saturated heterocycles. The molecule has 6 heteroatoms. The van der Waals surface area contributed by atoms with E-state index in [1.807, 2.05) is 37.3 Å². The maximum atomic E-state index is 5.53. The maximum absolute atomic E-state index is 5.53. The first kappa shape index (κ1) is 19.3. The summed E-state index contributed by atoms with van der Waals surface area (Å²) in [6, 6.07) is 18.5. The molecule has 0 spiro atoms. The number of methoxy groups -OCH3 is 1. The van der Waals surface area contributed by atoms with Gasteiger partial charge in [-0.05, 0) is 31.5 Å². The second-order valence-electron chi connectivity index (χ2n) is 6.87. The number of benzene rings is 2. The first-order chi connectivity index (χ1) is 14.2. The number of nitrogens with zero attached hydrogens (tertiary/aromatic N) is 3. The molecule has 0 fully saturated rings. The highest BCUT2D eigenvalue weighted by atomic mass is 32.2. The van der Waals surface area contributed by atoms with Gasteiger partial charge < -0.3 is 9.15 Å². The van der Waals surface area contributed by atoms with Crippen molar-refractivity contribution in [1.82, 2.24) is 14.8 Å². The molecule has 0 aliphatic carbocycles. The normalized spacial score (nSPS) is 11.0. The second kappa shape index (κ2) is 8.57. The van der Waals surface area contributed by atoms with E-state index in [-0.39, 0.29) is 0 Å². The molecule has 0 bridgehead atoms. The van der Waals surface area contributed by atoms with E-state index in [1.165, 1.54) is 11.1 Å². The SMILES string of the molecule is COc1ccc(C)cc1CSc1nnc(-c2ccoc2C)n1Cc1ccccc1. The average Bonchev–Trinajstić information content (AvgIpc) is 3.33. The van der Waals surface area contributed by atoms with Crippen LogP contribution in [0.25, 0.3) is 11.4 Å². The van der Waals surface area contributed by atoms with Crippen LogP contribution in [-0.4, -0.2) is 21.9 Å². The van der Waals surface area contributed by atoms with Gasteiger partial charge >= 0.3 is 0 Å². The third kappa shape index (κ3) is 4.22. The largest absolute Gasteiger partial charge is 0.496 e. The smallest absolute Gasteiger partial charge is 0.192 e. The molecule has 2 aromatic heterocycles. The minimum Gasteiger partial charge on any atom is -0.496 e. The predicted octanol–water partition coefficient (Wildman–Crippen LogP) is 5.50. The van der Waals surface area contributed by atoms with Crippen molar-refractivity contribution in [2.45, 2.75) is 31.3 Å². The van der Waals surface area contributed by atoms with Crippen molar-refractivity contribution in [3.8, 4) is 17.1 Å². The minimum absolute atomic E-state index is 0.696. The Balaban J connectivity index is 1.67. The molecule has 0 atom stereocenters. The molecule has 148 valence electrons. The van der Waals surface area contributed by atoms with Gasteiger partial charge in [0.15, 0.2) is 11.0 Å². The number of hydrogen-bond donors (Lipinski definition) is 0. The first-order valence-corrected chi connectivity index (χ1v) is 10.4. The van der Waals surface area contributed by atoms with Crippen molar-refractivity contribution in [2.24, 2.45) is 0 Å². The van der Waals surface area contributed by atoms with Crippen LogP contribution >= 0.6 is 11.8 Å². The van der Waals surface area contributed by atoms with Crippen molar-refractivity contribution in [3.05, 3.63) is 83.3 Å². The number of furan rings is 1. The van der Waals surface area contributed by atoms with Gasteiger partial charge in [0.2, 0.25) is 0 Å². The highest BCUT2D eigenvalue weighted by molar-refractivity contribution is 7.98. The highest BCUT2D eigenvalue weighted by Gasteiger charge is 2.18. The van der Waals surface area contributed by atoms with Crippen LogP contribution in [0.5, 0.6) is 5.75 Å². The van der Waals surface area contributed by atoms with Crippen molar-refractivity contribution in [3.63, 3.8) is 0 Å². The fraction of sp³-hybridized carbons (Fsp3) is 0.217. The van der Waals surface area contributed by atoms with Gasteiger partial charge in [0.25, 0.3) is 0 Å². The summed E-state index contributed by atoms with van der Waals surface area (Å²) in [6.07, 6.45) is 1.69. The van der Waals surface area contributed by atoms with Crippen LogP contribution in [-0.2, 0) is 12.3 Å². The number of aromatic nitrogens is 3. The van der Waals surface area contributed by atoms with E-state index in [0.29, 0.717) is 6.54 Å². The Labute approximate surface area is 174 Å². The van der Waals surface area contributed by atoms with E-state index in [9.17, 15) is 0 Å². The van der Waals surface area contributed by atoms with Crippen molar-refractivity contribution in [1.29, 1.82) is 0 Å². The lowest BCUT2D eigenvalue weighted by Crippen LogP contribution is -2.04. The van der Waals surface area contributed by atoms with Gasteiger partial charge in [0, 0.05) is 11.3 Å². The Morgan fingerprint density at radius 2 is 1.86 bits per heavy atom. The molecule has 0 aliphatic rings. The summed E-state index contributed by atoms with van der Waals surface area (Å²) >= 11 is 1.66. The van der Waals surface area contributed by atoms with Crippen molar-refractivity contribution < 1.29 is 9.15 Å². The van der Waals surface area contributed by atoms with Gasteiger partial charge in [-0.1, -0.05) is 59.8 Å². The van der Waals surface area contributed by atoms with Crippen LogP contribution in [0.1, 0.15) is 22.5 Å². The predicted molar refractivity (Wildman–Crippen MR) is 115 cm³/mol. The number of rotatable bonds is 7. The fourth-order valence-corrected chi connectivity index (χ4v) is 4.20. The van der Waals surface area contributed by atoms with Crippen LogP contribution in [0.4, 0.5) is 0 Å². The lowest BCUT2D eigenvalue weighted by Gasteiger charge is -2.12. The van der Waals surface area contributed by atoms with E-state index >= 15 is 0 Å². The Morgan fingerprint density at radius 3 is 2.59 bits per heavy atom. The highest BCUT2D eigenvalue weighted by Crippen LogP contribution is 2.31. The molecule has 0 N–H and O–H groups in total. The molecule has 0 radical (unpaired) electrons. The van der Waals surface area contributed by atoms with Gasteiger partial charge in [-0.3, -0.25) is 4.57 Å². The van der Waals surface area contributed by atoms with Crippen molar-refractivity contribution in [2.75, 3.05) is 7.11 Å². The standard InChI is InChI=1S/C23H23N3O2S/c1-16-9-10-21(27-3)19(13-16)15-29-23-25-24-22(20-11-12-28-17(20)2)26(23)14-18-7-5-4-6-8-18/h4-13H,14-15H2,1-3H3. The summed E-state index contributed by atoms with van der Waals surface area (Å²) < 4.78 is 13.2. The molecule has 5 nitrogen and oxygen atoms in total. The number of thioether (sulfide) groups is 1. The second-order valence-corrected chi connectivity index (χ2v) is 7.81. The summed E-state index contributed by atoms with van der Waals surface area (Å²) in [5, 5.41) is 9.85. The maximum Gasteiger partial charge on any atom is 0.192 e. The van der Waals surface area contributed by atoms with Crippen LogP contribution in [0.3, 0.4) is 0 Å². The van der Waals surface area contributed by atoms with Crippen LogP contribution in [0.2, 0.25) is 0 Å². The summed E-state index contributed by atoms with van der Waals surface area (Å²) in [4.78, 5) is 0. The Morgan fingerprint density at radius 1 is 1.03 bits per heavy atom. The van der Waals surface area contributed by atoms with Gasteiger partial charge in [-0.2, -0.15) is 0 Å². The Bertz CT molecular complexity index is 1100. The lowest BCUT2D eigenvalue weighted by atomic mass is 10.1. The monoisotopic (exact) mass is 405 g/mol. The lowest BCUT2D eigenvalue weighted by molar-refractivity contribution is 0.411. The van der Waals surface area contributed by atoms with Gasteiger partial charge in [0.05, 0.1) is 25.5 Å². The fourth-order valence-electron chi connectivity index (χ4n) is 3.28. The van der Waals surface area contributed by atoms with Gasteiger partial charge in [0.1, 0.15) is 11.5 Å². The van der Waals surface area contributed by atoms with E-state index in [4.69, 9.17) is 9.15 Å². The summed E-state index contributed by atoms with van der Waals surface area (Å²) in [7, 11) is 1.70. The summed E-state index contributed by atoms with van der Waals surface area (Å²) in [5.41, 5.74) is 4.52. The third-order valence-electron chi connectivity index (χ3n) is 4.79. The summed E-state index contributed by atoms with van der Waals surface area (Å²) in [5.74, 6) is 3.30. The van der Waals surface area contributed by atoms with Gasteiger partial charge in [-0.15, -0.1) is 10.2 Å². The molecule has 0 unspecified atom stereocenters. The molecule has 4 aromatic rings. The van der Waals surface area contributed by atoms with Crippen LogP contribution < -0.4 is 4.74 Å². The number of aryl methyl sites for hydroxylation is 2. The minimum atomic E-state index is 0.696. The van der Waals surface area contributed by atoms with E-state index in [0.717, 1.165) is 39.4 Å². The van der Waals surface area contributed by atoms with E-state index in [2.05, 4.69) is 46.0 Å². The first-order valence-electron chi connectivity index (χ1n) is 9.43. The molecular weight excluding hydrogens is 382 g/mol.